The van der Waals surface area contributed by atoms with Gasteiger partial charge in [-0.25, -0.2) is 4.98 Å². The number of likely N-dealkylation sites (tertiary alicyclic amines) is 1. The van der Waals surface area contributed by atoms with Crippen LogP contribution in [0.25, 0.3) is 5.69 Å². The van der Waals surface area contributed by atoms with Gasteiger partial charge in [-0.3, -0.25) is 14.3 Å². The van der Waals surface area contributed by atoms with Crippen molar-refractivity contribution in [3.63, 3.8) is 0 Å². The molecule has 0 unspecified atom stereocenters. The van der Waals surface area contributed by atoms with Gasteiger partial charge in [-0.1, -0.05) is 29.8 Å². The molecule has 0 spiro atoms. The van der Waals surface area contributed by atoms with Crippen molar-refractivity contribution in [2.45, 2.75) is 37.9 Å². The van der Waals surface area contributed by atoms with E-state index in [-0.39, 0.29) is 11.7 Å². The summed E-state index contributed by atoms with van der Waals surface area (Å²) in [5.74, 6) is 0.990. The van der Waals surface area contributed by atoms with Gasteiger partial charge < -0.3 is 5.32 Å². The van der Waals surface area contributed by atoms with E-state index in [2.05, 4.69) is 25.4 Å². The van der Waals surface area contributed by atoms with Crippen LogP contribution in [0.1, 0.15) is 30.8 Å². The summed E-state index contributed by atoms with van der Waals surface area (Å²) in [6, 6.07) is 7.61. The van der Waals surface area contributed by atoms with E-state index >= 15 is 0 Å². The minimum atomic E-state index is -0.113. The van der Waals surface area contributed by atoms with Gasteiger partial charge in [0.05, 0.1) is 18.0 Å². The molecule has 0 radical (unpaired) electrons. The van der Waals surface area contributed by atoms with Gasteiger partial charge >= 0.3 is 0 Å². The van der Waals surface area contributed by atoms with Crippen molar-refractivity contribution in [3.05, 3.63) is 46.2 Å². The number of aromatic nitrogens is 4. The number of carbonyl (C=O) groups is 1. The van der Waals surface area contributed by atoms with Crippen molar-refractivity contribution < 1.29 is 4.79 Å². The number of thiazole rings is 1. The molecule has 1 amide bonds. The van der Waals surface area contributed by atoms with Crippen LogP contribution in [0.5, 0.6) is 0 Å². The summed E-state index contributed by atoms with van der Waals surface area (Å²) in [7, 11) is 0. The van der Waals surface area contributed by atoms with E-state index in [1.54, 1.807) is 0 Å². The molecule has 1 aliphatic heterocycles. The summed E-state index contributed by atoms with van der Waals surface area (Å²) in [6.45, 7) is 4.79. The number of rotatable bonds is 7. The first-order valence-corrected chi connectivity index (χ1v) is 12.1. The summed E-state index contributed by atoms with van der Waals surface area (Å²) < 4.78 is 2.02. The molecule has 7 nitrogen and oxygen atoms in total. The van der Waals surface area contributed by atoms with Gasteiger partial charge in [0.2, 0.25) is 5.91 Å². The normalized spacial score (nSPS) is 14.7. The molecule has 2 aromatic heterocycles. The molecule has 158 valence electrons. The molecule has 0 bridgehead atoms. The molecule has 0 saturated carbocycles. The number of aryl methyl sites for hydroxylation is 1. The van der Waals surface area contributed by atoms with Gasteiger partial charge in [-0.05, 0) is 57.1 Å². The zero-order valence-corrected chi connectivity index (χ0v) is 19.1. The van der Waals surface area contributed by atoms with Crippen molar-refractivity contribution in [2.75, 3.05) is 24.2 Å². The maximum atomic E-state index is 12.4. The zero-order valence-electron chi connectivity index (χ0n) is 16.7. The lowest BCUT2D eigenvalue weighted by atomic mass is 10.1. The van der Waals surface area contributed by atoms with E-state index < -0.39 is 0 Å². The Morgan fingerprint density at radius 2 is 1.97 bits per heavy atom. The van der Waals surface area contributed by atoms with E-state index in [4.69, 9.17) is 11.6 Å². The molecule has 1 aliphatic rings. The molecule has 1 saturated heterocycles. The van der Waals surface area contributed by atoms with Gasteiger partial charge in [0.1, 0.15) is 0 Å². The minimum Gasteiger partial charge on any atom is -0.301 e. The number of hydrogen-bond acceptors (Lipinski definition) is 7. The van der Waals surface area contributed by atoms with E-state index in [9.17, 15) is 4.79 Å². The number of piperidine rings is 1. The maximum absolute atomic E-state index is 12.4. The van der Waals surface area contributed by atoms with E-state index in [1.165, 1.54) is 42.4 Å². The zero-order chi connectivity index (χ0) is 20.9. The van der Waals surface area contributed by atoms with Crippen LogP contribution in [-0.4, -0.2) is 49.4 Å². The van der Waals surface area contributed by atoms with Crippen LogP contribution in [0.3, 0.4) is 0 Å². The first-order chi connectivity index (χ1) is 14.6. The quantitative estimate of drug-likeness (QED) is 0.524. The van der Waals surface area contributed by atoms with Gasteiger partial charge in [0.25, 0.3) is 0 Å². The Balaban J connectivity index is 1.51. The number of nitrogens with one attached hydrogen (secondary N) is 1. The average Bonchev–Trinajstić information content (AvgIpc) is 3.33. The first-order valence-electron chi connectivity index (χ1n) is 9.86. The van der Waals surface area contributed by atoms with Crippen molar-refractivity contribution in [1.29, 1.82) is 0 Å². The highest BCUT2D eigenvalue weighted by Crippen LogP contribution is 2.25. The van der Waals surface area contributed by atoms with Crippen molar-refractivity contribution in [1.82, 2.24) is 24.6 Å². The van der Waals surface area contributed by atoms with E-state index in [1.807, 2.05) is 41.1 Å². The topological polar surface area (TPSA) is 75.9 Å². The van der Waals surface area contributed by atoms with Crippen LogP contribution < -0.4 is 5.32 Å². The highest BCUT2D eigenvalue weighted by Gasteiger charge is 2.19. The number of nitrogens with zero attached hydrogens (tertiary/aromatic N) is 5. The van der Waals surface area contributed by atoms with E-state index in [0.29, 0.717) is 15.3 Å². The van der Waals surface area contributed by atoms with Crippen LogP contribution in [0, 0.1) is 6.92 Å². The molecule has 4 rings (SSSR count). The maximum Gasteiger partial charge on any atom is 0.236 e. The van der Waals surface area contributed by atoms with Gasteiger partial charge in [-0.2, -0.15) is 0 Å². The highest BCUT2D eigenvalue weighted by atomic mass is 35.5. The second-order valence-electron chi connectivity index (χ2n) is 7.18. The van der Waals surface area contributed by atoms with Crippen molar-refractivity contribution >= 4 is 45.7 Å². The van der Waals surface area contributed by atoms with Crippen molar-refractivity contribution in [2.24, 2.45) is 0 Å². The fourth-order valence-electron chi connectivity index (χ4n) is 3.36. The van der Waals surface area contributed by atoms with Gasteiger partial charge in [0, 0.05) is 16.1 Å². The number of carbonyl (C=O) groups excluding carboxylic acids is 1. The SMILES string of the molecule is Cc1csc(NC(=O)CSc2nnc(CN3CCCCC3)n2-c2ccc(Cl)cc2)n1. The Morgan fingerprint density at radius 3 is 2.67 bits per heavy atom. The summed E-state index contributed by atoms with van der Waals surface area (Å²) >= 11 is 8.86. The first kappa shape index (κ1) is 21.3. The third-order valence-corrected chi connectivity index (χ3v) is 6.85. The Bertz CT molecular complexity index is 997. The molecule has 1 fully saturated rings. The largest absolute Gasteiger partial charge is 0.301 e. The summed E-state index contributed by atoms with van der Waals surface area (Å²) in [4.78, 5) is 19.0. The predicted octanol–water partition coefficient (Wildman–Crippen LogP) is 4.40. The van der Waals surface area contributed by atoms with Crippen LogP contribution in [0.2, 0.25) is 5.02 Å². The second-order valence-corrected chi connectivity index (χ2v) is 9.42. The monoisotopic (exact) mass is 462 g/mol. The standard InChI is InChI=1S/C20H23ClN6OS2/c1-14-12-29-19(22-14)23-18(28)13-30-20-25-24-17(11-26-9-3-2-4-10-26)27(20)16-7-5-15(21)6-8-16/h5-8,12H,2-4,9-11,13H2,1H3,(H,22,23,28). The molecule has 30 heavy (non-hydrogen) atoms. The Morgan fingerprint density at radius 1 is 1.20 bits per heavy atom. The lowest BCUT2D eigenvalue weighted by Gasteiger charge is -2.26. The molecule has 0 aliphatic carbocycles. The Hall–Kier alpha value is -1.94. The summed E-state index contributed by atoms with van der Waals surface area (Å²) in [6.07, 6.45) is 3.72. The number of hydrogen-bond donors (Lipinski definition) is 1. The Kier molecular flexibility index (Phi) is 7.04. The molecule has 0 atom stereocenters. The van der Waals surface area contributed by atoms with Crippen LogP contribution in [0.15, 0.2) is 34.8 Å². The van der Waals surface area contributed by atoms with Crippen LogP contribution in [0.4, 0.5) is 5.13 Å². The number of amides is 1. The number of halogens is 1. The van der Waals surface area contributed by atoms with Crippen LogP contribution >= 0.6 is 34.7 Å². The molecule has 10 heteroatoms. The molecule has 3 heterocycles. The smallest absolute Gasteiger partial charge is 0.236 e. The Labute approximate surface area is 188 Å². The molecular formula is C20H23ClN6OS2. The molecule has 3 aromatic rings. The lowest BCUT2D eigenvalue weighted by molar-refractivity contribution is -0.113. The van der Waals surface area contributed by atoms with Gasteiger partial charge in [-0.15, -0.1) is 21.5 Å². The predicted molar refractivity (Wildman–Crippen MR) is 122 cm³/mol. The average molecular weight is 463 g/mol. The second kappa shape index (κ2) is 9.91. The molecule has 1 aromatic carbocycles. The third kappa shape index (κ3) is 5.40. The number of benzene rings is 1. The van der Waals surface area contributed by atoms with E-state index in [0.717, 1.165) is 36.8 Å². The summed E-state index contributed by atoms with van der Waals surface area (Å²) in [5.41, 5.74) is 1.84. The fourth-order valence-corrected chi connectivity index (χ4v) is 4.96. The van der Waals surface area contributed by atoms with Crippen molar-refractivity contribution in [3.8, 4) is 5.69 Å². The third-order valence-electron chi connectivity index (χ3n) is 4.80. The molecular weight excluding hydrogens is 440 g/mol. The number of anilines is 1. The number of thioether (sulfide) groups is 1. The lowest BCUT2D eigenvalue weighted by Crippen LogP contribution is -2.30. The summed E-state index contributed by atoms with van der Waals surface area (Å²) in [5, 5.41) is 15.6. The minimum absolute atomic E-state index is 0.113. The fraction of sp³-hybridized carbons (Fsp3) is 0.400. The molecule has 1 N–H and O–H groups in total. The highest BCUT2D eigenvalue weighted by molar-refractivity contribution is 7.99. The van der Waals surface area contributed by atoms with Crippen LogP contribution in [-0.2, 0) is 11.3 Å². The van der Waals surface area contributed by atoms with Gasteiger partial charge in [0.15, 0.2) is 16.1 Å².